The van der Waals surface area contributed by atoms with Crippen LogP contribution >= 0.6 is 0 Å². The maximum atomic E-state index is 12.1. The molecule has 0 amide bonds. The molecule has 4 nitrogen and oxygen atoms in total. The van der Waals surface area contributed by atoms with Crippen LogP contribution in [0.2, 0.25) is 0 Å². The number of nitrogens with two attached hydrogens (primary N) is 1. The number of Topliss-reactive ketones (excluding diaryl/α,β-unsaturated/α-hetero) is 1. The molecule has 0 saturated carbocycles. The van der Waals surface area contributed by atoms with Gasteiger partial charge < -0.3 is 10.5 Å². The van der Waals surface area contributed by atoms with Crippen molar-refractivity contribution >= 4 is 11.8 Å². The second-order valence-corrected chi connectivity index (χ2v) is 4.01. The minimum Gasteiger partial charge on any atom is -0.469 e. The molecule has 0 spiro atoms. The Hall–Kier alpha value is -1.94. The van der Waals surface area contributed by atoms with Gasteiger partial charge in [-0.05, 0) is 5.56 Å². The van der Waals surface area contributed by atoms with E-state index in [2.05, 4.69) is 11.3 Å². The maximum absolute atomic E-state index is 12.1. The second kappa shape index (κ2) is 6.12. The maximum Gasteiger partial charge on any atom is 0.308 e. The summed E-state index contributed by atoms with van der Waals surface area (Å²) < 4.78 is 4.60. The molecule has 0 bridgehead atoms. The summed E-state index contributed by atoms with van der Waals surface area (Å²) in [6.45, 7) is 3.51. The Morgan fingerprint density at radius 2 is 2.00 bits per heavy atom. The fourth-order valence-electron chi connectivity index (χ4n) is 1.71. The lowest BCUT2D eigenvalue weighted by Crippen LogP contribution is -2.46. The van der Waals surface area contributed by atoms with E-state index < -0.39 is 11.5 Å². The van der Waals surface area contributed by atoms with Crippen molar-refractivity contribution in [3.8, 4) is 0 Å². The summed E-state index contributed by atoms with van der Waals surface area (Å²) >= 11 is 0. The number of carbonyl (C=O) groups excluding carboxylic acids is 2. The minimum absolute atomic E-state index is 0.113. The fraction of sp³-hybridized carbons (Fsp3) is 0.286. The average Bonchev–Trinajstić information content (AvgIpc) is 2.39. The summed E-state index contributed by atoms with van der Waals surface area (Å²) in [6, 6.07) is 8.82. The van der Waals surface area contributed by atoms with E-state index in [0.29, 0.717) is 5.56 Å². The van der Waals surface area contributed by atoms with Crippen molar-refractivity contribution < 1.29 is 14.3 Å². The highest BCUT2D eigenvalue weighted by Gasteiger charge is 2.37. The topological polar surface area (TPSA) is 69.4 Å². The van der Waals surface area contributed by atoms with Crippen molar-refractivity contribution in [3.05, 3.63) is 48.6 Å². The van der Waals surface area contributed by atoms with E-state index in [4.69, 9.17) is 5.73 Å². The van der Waals surface area contributed by atoms with E-state index in [0.717, 1.165) is 0 Å². The zero-order valence-electron chi connectivity index (χ0n) is 10.4. The first-order chi connectivity index (χ1) is 8.54. The molecule has 0 aliphatic heterocycles. The van der Waals surface area contributed by atoms with E-state index in [9.17, 15) is 9.59 Å². The quantitative estimate of drug-likeness (QED) is 0.611. The van der Waals surface area contributed by atoms with Crippen molar-refractivity contribution in [2.24, 2.45) is 5.73 Å². The van der Waals surface area contributed by atoms with Gasteiger partial charge >= 0.3 is 5.97 Å². The van der Waals surface area contributed by atoms with Gasteiger partial charge in [0.25, 0.3) is 0 Å². The van der Waals surface area contributed by atoms with Gasteiger partial charge in [-0.15, -0.1) is 6.58 Å². The van der Waals surface area contributed by atoms with Gasteiger partial charge in [-0.2, -0.15) is 0 Å². The van der Waals surface area contributed by atoms with Crippen LogP contribution in [0.3, 0.4) is 0 Å². The average molecular weight is 247 g/mol. The molecule has 1 rings (SSSR count). The third kappa shape index (κ3) is 3.05. The molecule has 96 valence electrons. The van der Waals surface area contributed by atoms with Crippen molar-refractivity contribution in [3.63, 3.8) is 0 Å². The monoisotopic (exact) mass is 247 g/mol. The number of hydrogen-bond donors (Lipinski definition) is 1. The van der Waals surface area contributed by atoms with Crippen molar-refractivity contribution in [1.82, 2.24) is 0 Å². The summed E-state index contributed by atoms with van der Waals surface area (Å²) in [5.41, 5.74) is 5.37. The number of rotatable bonds is 6. The minimum atomic E-state index is -1.36. The number of esters is 1. The highest BCUT2D eigenvalue weighted by Crippen LogP contribution is 2.25. The Morgan fingerprint density at radius 1 is 1.39 bits per heavy atom. The lowest BCUT2D eigenvalue weighted by atomic mass is 9.82. The zero-order valence-corrected chi connectivity index (χ0v) is 10.4. The Morgan fingerprint density at radius 3 is 2.50 bits per heavy atom. The summed E-state index contributed by atoms with van der Waals surface area (Å²) in [5.74, 6) is -0.770. The predicted molar refractivity (Wildman–Crippen MR) is 68.8 cm³/mol. The van der Waals surface area contributed by atoms with Crippen LogP contribution in [-0.4, -0.2) is 18.9 Å². The largest absolute Gasteiger partial charge is 0.469 e. The molecule has 0 aliphatic carbocycles. The van der Waals surface area contributed by atoms with E-state index in [1.165, 1.54) is 13.2 Å². The molecule has 1 atom stereocenters. The molecule has 1 unspecified atom stereocenters. The molecule has 0 aromatic heterocycles. The highest BCUT2D eigenvalue weighted by molar-refractivity contribution is 5.94. The fourth-order valence-corrected chi connectivity index (χ4v) is 1.71. The van der Waals surface area contributed by atoms with Crippen LogP contribution < -0.4 is 5.73 Å². The van der Waals surface area contributed by atoms with Gasteiger partial charge in [-0.25, -0.2) is 0 Å². The van der Waals surface area contributed by atoms with E-state index in [1.807, 2.05) is 6.07 Å². The van der Waals surface area contributed by atoms with Crippen molar-refractivity contribution in [2.75, 3.05) is 7.11 Å². The first-order valence-corrected chi connectivity index (χ1v) is 5.60. The van der Waals surface area contributed by atoms with E-state index >= 15 is 0 Å². The number of carbonyl (C=O) groups is 2. The molecule has 0 radical (unpaired) electrons. The first-order valence-electron chi connectivity index (χ1n) is 5.60. The van der Waals surface area contributed by atoms with Gasteiger partial charge in [-0.3, -0.25) is 9.59 Å². The van der Waals surface area contributed by atoms with Gasteiger partial charge in [0.1, 0.15) is 5.54 Å². The van der Waals surface area contributed by atoms with Crippen molar-refractivity contribution in [1.29, 1.82) is 0 Å². The Labute approximate surface area is 106 Å². The van der Waals surface area contributed by atoms with E-state index in [-0.39, 0.29) is 18.6 Å². The number of ketones is 1. The Kier molecular flexibility index (Phi) is 4.80. The summed E-state index contributed by atoms with van der Waals surface area (Å²) in [5, 5.41) is 0. The van der Waals surface area contributed by atoms with Gasteiger partial charge in [0.2, 0.25) is 0 Å². The Balaban J connectivity index is 3.12. The molecule has 0 aliphatic rings. The molecule has 0 fully saturated rings. The molecular formula is C14H17NO3. The van der Waals surface area contributed by atoms with Gasteiger partial charge in [0, 0.05) is 6.42 Å². The number of ether oxygens (including phenoxy) is 1. The smallest absolute Gasteiger partial charge is 0.308 e. The van der Waals surface area contributed by atoms with Crippen LogP contribution in [0.25, 0.3) is 0 Å². The van der Waals surface area contributed by atoms with E-state index in [1.54, 1.807) is 24.3 Å². The van der Waals surface area contributed by atoms with Crippen LogP contribution in [0, 0.1) is 0 Å². The molecule has 18 heavy (non-hydrogen) atoms. The predicted octanol–water partition coefficient (Wildman–Crippen LogP) is 1.55. The highest BCUT2D eigenvalue weighted by atomic mass is 16.5. The second-order valence-electron chi connectivity index (χ2n) is 4.01. The molecule has 0 saturated heterocycles. The van der Waals surface area contributed by atoms with Gasteiger partial charge in [0.05, 0.1) is 13.5 Å². The third-order valence-electron chi connectivity index (χ3n) is 2.77. The third-order valence-corrected chi connectivity index (χ3v) is 2.77. The standard InChI is InChI=1S/C14H17NO3/c1-3-7-12(16)14(15,10-13(17)18-2)11-8-5-4-6-9-11/h3-6,8-9H,1,7,10,15H2,2H3. The summed E-state index contributed by atoms with van der Waals surface area (Å²) in [6.07, 6.45) is 1.41. The van der Waals surface area contributed by atoms with Crippen molar-refractivity contribution in [2.45, 2.75) is 18.4 Å². The molecule has 4 heteroatoms. The summed E-state index contributed by atoms with van der Waals surface area (Å²) in [7, 11) is 1.27. The van der Waals surface area contributed by atoms with Gasteiger partial charge in [-0.1, -0.05) is 36.4 Å². The summed E-state index contributed by atoms with van der Waals surface area (Å²) in [4.78, 5) is 23.5. The number of methoxy groups -OCH3 is 1. The molecule has 1 aromatic rings. The number of allylic oxidation sites excluding steroid dienone is 1. The normalized spacial score (nSPS) is 13.4. The van der Waals surface area contributed by atoms with Crippen LogP contribution in [-0.2, 0) is 19.9 Å². The Bertz CT molecular complexity index is 442. The molecule has 0 heterocycles. The zero-order chi connectivity index (χ0) is 13.6. The molecule has 2 N–H and O–H groups in total. The van der Waals surface area contributed by atoms with Crippen LogP contribution in [0.15, 0.2) is 43.0 Å². The SMILES string of the molecule is C=CCC(=O)C(N)(CC(=O)OC)c1ccccc1. The van der Waals surface area contributed by atoms with Gasteiger partial charge in [0.15, 0.2) is 5.78 Å². The van der Waals surface area contributed by atoms with Crippen LogP contribution in [0.5, 0.6) is 0 Å². The number of hydrogen-bond acceptors (Lipinski definition) is 4. The van der Waals surface area contributed by atoms with Crippen LogP contribution in [0.4, 0.5) is 0 Å². The lowest BCUT2D eigenvalue weighted by molar-refractivity contribution is -0.144. The molecular weight excluding hydrogens is 230 g/mol. The lowest BCUT2D eigenvalue weighted by Gasteiger charge is -2.27. The molecule has 1 aromatic carbocycles. The van der Waals surface area contributed by atoms with Crippen LogP contribution in [0.1, 0.15) is 18.4 Å². The number of benzene rings is 1. The first kappa shape index (κ1) is 14.1.